The number of thiophene rings is 1. The minimum absolute atomic E-state index is 0.307. The van der Waals surface area contributed by atoms with Gasteiger partial charge in [-0.15, -0.1) is 0 Å². The Labute approximate surface area is 210 Å². The molecule has 5 nitrogen and oxygen atoms in total. The van der Waals surface area contributed by atoms with E-state index in [1.807, 2.05) is 23.6 Å². The number of methoxy groups -OCH3 is 1. The summed E-state index contributed by atoms with van der Waals surface area (Å²) in [5.41, 5.74) is 5.32. The number of rotatable bonds is 7. The fourth-order valence-electron chi connectivity index (χ4n) is 4.66. The van der Waals surface area contributed by atoms with Crippen molar-refractivity contribution in [3.63, 3.8) is 0 Å². The fourth-order valence-corrected chi connectivity index (χ4v) is 7.33. The van der Waals surface area contributed by atoms with Crippen LogP contribution in [-0.2, 0) is 16.1 Å². The standard InChI is InChI=1S/C27H27AsN2O3S/c1-33-16-22-3-2-11-30(22)15-18-4-7-21(8-5-18)28-14-25-24-13-19(20-10-12-34-17-20)6-9-23(24)26(31)29-27(25)32/h4-10,12-14,17,22,28H,2-3,11,15-16H2,1H3,(H,29,31,32)/t22-/m1/s1. The molecule has 2 aliphatic heterocycles. The predicted molar refractivity (Wildman–Crippen MR) is 139 cm³/mol. The van der Waals surface area contributed by atoms with E-state index in [4.69, 9.17) is 4.74 Å². The van der Waals surface area contributed by atoms with E-state index >= 15 is 0 Å². The van der Waals surface area contributed by atoms with Gasteiger partial charge in [-0.05, 0) is 0 Å². The van der Waals surface area contributed by atoms with Crippen molar-refractivity contribution in [1.29, 1.82) is 0 Å². The average Bonchev–Trinajstić information content (AvgIpc) is 3.53. The second kappa shape index (κ2) is 10.4. The van der Waals surface area contributed by atoms with Crippen LogP contribution in [0, 0.1) is 0 Å². The number of carbonyl (C=O) groups is 2. The van der Waals surface area contributed by atoms with E-state index in [-0.39, 0.29) is 11.8 Å². The predicted octanol–water partition coefficient (Wildman–Crippen LogP) is 3.40. The molecule has 1 fully saturated rings. The molecule has 1 unspecified atom stereocenters. The average molecular weight is 535 g/mol. The number of carbonyl (C=O) groups excluding carboxylic acids is 2. The summed E-state index contributed by atoms with van der Waals surface area (Å²) in [6, 6.07) is 17.1. The Balaban J connectivity index is 1.34. The van der Waals surface area contributed by atoms with E-state index in [1.54, 1.807) is 18.4 Å². The third kappa shape index (κ3) is 4.96. The summed E-state index contributed by atoms with van der Waals surface area (Å²) in [5, 5.41) is 6.60. The summed E-state index contributed by atoms with van der Waals surface area (Å²) in [7, 11) is 1.77. The van der Waals surface area contributed by atoms with E-state index in [9.17, 15) is 9.59 Å². The first kappa shape index (κ1) is 23.3. The number of imide groups is 1. The first-order valence-electron chi connectivity index (χ1n) is 11.4. The first-order chi connectivity index (χ1) is 16.6. The van der Waals surface area contributed by atoms with Crippen LogP contribution in [0.4, 0.5) is 0 Å². The normalized spacial score (nSPS) is 19.8. The van der Waals surface area contributed by atoms with E-state index in [2.05, 4.69) is 50.8 Å². The van der Waals surface area contributed by atoms with Gasteiger partial charge in [-0.25, -0.2) is 0 Å². The number of fused-ring (bicyclic) bond motifs is 1. The van der Waals surface area contributed by atoms with Crippen LogP contribution in [0.3, 0.4) is 0 Å². The third-order valence-electron chi connectivity index (χ3n) is 6.46. The van der Waals surface area contributed by atoms with Gasteiger partial charge in [0.2, 0.25) is 0 Å². The molecule has 5 rings (SSSR count). The van der Waals surface area contributed by atoms with Crippen LogP contribution in [0.25, 0.3) is 16.7 Å². The molecule has 2 aliphatic rings. The molecule has 3 heterocycles. The molecule has 0 aliphatic carbocycles. The van der Waals surface area contributed by atoms with Crippen LogP contribution >= 0.6 is 11.3 Å². The van der Waals surface area contributed by atoms with E-state index in [0.717, 1.165) is 36.4 Å². The van der Waals surface area contributed by atoms with Crippen LogP contribution in [0.1, 0.15) is 34.3 Å². The Hall–Kier alpha value is -2.50. The van der Waals surface area contributed by atoms with Crippen molar-refractivity contribution in [1.82, 2.24) is 10.2 Å². The Morgan fingerprint density at radius 3 is 2.71 bits per heavy atom. The second-order valence-corrected chi connectivity index (χ2v) is 11.9. The molecule has 1 aromatic heterocycles. The number of likely N-dealkylation sites (tertiary alicyclic amines) is 1. The van der Waals surface area contributed by atoms with Crippen LogP contribution in [0.2, 0.25) is 0 Å². The maximum absolute atomic E-state index is 12.7. The van der Waals surface area contributed by atoms with Crippen LogP contribution in [-0.4, -0.2) is 58.8 Å². The molecule has 2 aromatic carbocycles. The number of benzene rings is 2. The van der Waals surface area contributed by atoms with E-state index < -0.39 is 15.8 Å². The summed E-state index contributed by atoms with van der Waals surface area (Å²) >= 11 is 0.942. The van der Waals surface area contributed by atoms with Gasteiger partial charge in [0.1, 0.15) is 0 Å². The van der Waals surface area contributed by atoms with Crippen molar-refractivity contribution in [3.8, 4) is 11.1 Å². The van der Waals surface area contributed by atoms with Crippen molar-refractivity contribution in [2.45, 2.75) is 25.4 Å². The van der Waals surface area contributed by atoms with Gasteiger partial charge < -0.3 is 0 Å². The molecule has 1 N–H and O–H groups in total. The molecular formula is C27H27AsN2O3S. The van der Waals surface area contributed by atoms with E-state index in [0.29, 0.717) is 17.2 Å². The van der Waals surface area contributed by atoms with Gasteiger partial charge in [-0.2, -0.15) is 0 Å². The molecule has 7 heteroatoms. The van der Waals surface area contributed by atoms with E-state index in [1.165, 1.54) is 22.8 Å². The van der Waals surface area contributed by atoms with Crippen molar-refractivity contribution in [2.75, 3.05) is 20.3 Å². The topological polar surface area (TPSA) is 58.6 Å². The third-order valence-corrected chi connectivity index (χ3v) is 9.45. The molecular weight excluding hydrogens is 507 g/mol. The first-order valence-corrected chi connectivity index (χ1v) is 14.6. The zero-order valence-electron chi connectivity index (χ0n) is 19.0. The van der Waals surface area contributed by atoms with Gasteiger partial charge in [-0.3, -0.25) is 0 Å². The monoisotopic (exact) mass is 534 g/mol. The molecule has 0 bridgehead atoms. The second-order valence-electron chi connectivity index (χ2n) is 8.68. The Bertz CT molecular complexity index is 1220. The van der Waals surface area contributed by atoms with Crippen LogP contribution < -0.4 is 9.67 Å². The zero-order chi connectivity index (χ0) is 23.5. The Morgan fingerprint density at radius 1 is 1.09 bits per heavy atom. The summed E-state index contributed by atoms with van der Waals surface area (Å²) in [6.07, 6.45) is 2.43. The Morgan fingerprint density at radius 2 is 1.94 bits per heavy atom. The number of hydrogen-bond acceptors (Lipinski definition) is 5. The molecule has 0 radical (unpaired) electrons. The Kier molecular flexibility index (Phi) is 7.12. The van der Waals surface area contributed by atoms with Gasteiger partial charge in [-0.1, -0.05) is 0 Å². The number of hydrogen-bond donors (Lipinski definition) is 1. The molecule has 34 heavy (non-hydrogen) atoms. The maximum atomic E-state index is 12.7. The fraction of sp³-hybridized carbons (Fsp3) is 0.259. The van der Waals surface area contributed by atoms with Gasteiger partial charge in [0.25, 0.3) is 0 Å². The van der Waals surface area contributed by atoms with Gasteiger partial charge in [0.15, 0.2) is 0 Å². The van der Waals surface area contributed by atoms with Crippen molar-refractivity contribution < 1.29 is 14.3 Å². The molecule has 2 amide bonds. The number of nitrogens with zero attached hydrogens (tertiary/aromatic N) is 1. The number of amides is 2. The quantitative estimate of drug-likeness (QED) is 0.287. The molecule has 0 saturated carbocycles. The van der Waals surface area contributed by atoms with Gasteiger partial charge in [0.05, 0.1) is 0 Å². The number of nitrogens with one attached hydrogen (secondary N) is 1. The summed E-state index contributed by atoms with van der Waals surface area (Å²) < 4.78 is 6.63. The zero-order valence-corrected chi connectivity index (χ0v) is 22.0. The van der Waals surface area contributed by atoms with Crippen molar-refractivity contribution >= 4 is 48.8 Å². The van der Waals surface area contributed by atoms with Crippen molar-refractivity contribution in [3.05, 3.63) is 80.8 Å². The van der Waals surface area contributed by atoms with Gasteiger partial charge in [0, 0.05) is 0 Å². The summed E-state index contributed by atoms with van der Waals surface area (Å²) in [4.78, 5) is 29.7. The molecule has 0 spiro atoms. The molecule has 3 aromatic rings. The molecule has 2 atom stereocenters. The number of ether oxygens (including phenoxy) is 1. The van der Waals surface area contributed by atoms with Gasteiger partial charge >= 0.3 is 211 Å². The van der Waals surface area contributed by atoms with Crippen LogP contribution in [0.5, 0.6) is 0 Å². The minimum atomic E-state index is -0.689. The molecule has 1 saturated heterocycles. The summed E-state index contributed by atoms with van der Waals surface area (Å²) in [5.74, 6) is -0.634. The van der Waals surface area contributed by atoms with Crippen LogP contribution in [0.15, 0.2) is 64.2 Å². The summed E-state index contributed by atoms with van der Waals surface area (Å²) in [6.45, 7) is 2.85. The van der Waals surface area contributed by atoms with Crippen molar-refractivity contribution in [2.24, 2.45) is 0 Å². The molecule has 174 valence electrons. The SMILES string of the molecule is COC[C@H]1CCCN1Cc1ccc([AsH]C=C2C(=O)NC(=O)c3ccc(-c4ccsc4)cc32)cc1.